The van der Waals surface area contributed by atoms with Crippen LogP contribution in [0.25, 0.3) is 0 Å². The lowest BCUT2D eigenvalue weighted by Gasteiger charge is -2.45. The zero-order valence-corrected chi connectivity index (χ0v) is 16.0. The first-order chi connectivity index (χ1) is 10.5. The van der Waals surface area contributed by atoms with Crippen molar-refractivity contribution in [3.05, 3.63) is 0 Å². The summed E-state index contributed by atoms with van der Waals surface area (Å²) in [5.74, 6) is 0. The van der Waals surface area contributed by atoms with E-state index in [2.05, 4.69) is 32.6 Å². The van der Waals surface area contributed by atoms with Gasteiger partial charge in [0.05, 0.1) is 18.3 Å². The largest absolute Gasteiger partial charge is 0.501 e. The summed E-state index contributed by atoms with van der Waals surface area (Å²) in [6, 6.07) is 0.984. The molecule has 0 spiro atoms. The van der Waals surface area contributed by atoms with Gasteiger partial charge in [0.2, 0.25) is 0 Å². The van der Waals surface area contributed by atoms with E-state index in [9.17, 15) is 0 Å². The average Bonchev–Trinajstić information content (AvgIpc) is 2.38. The Morgan fingerprint density at radius 3 is 1.73 bits per heavy atom. The van der Waals surface area contributed by atoms with Gasteiger partial charge >= 0.3 is 8.80 Å². The van der Waals surface area contributed by atoms with Crippen LogP contribution in [-0.4, -0.2) is 51.7 Å². The molecule has 4 nitrogen and oxygen atoms in total. The molecule has 5 heteroatoms. The minimum Gasteiger partial charge on any atom is -0.369 e. The van der Waals surface area contributed by atoms with Gasteiger partial charge in [-0.2, -0.15) is 0 Å². The predicted octanol–water partition coefficient (Wildman–Crippen LogP) is 3.83. The van der Waals surface area contributed by atoms with Crippen molar-refractivity contribution >= 4 is 8.80 Å². The van der Waals surface area contributed by atoms with E-state index in [1.165, 1.54) is 38.5 Å². The summed E-state index contributed by atoms with van der Waals surface area (Å²) in [5.41, 5.74) is 0. The molecule has 3 saturated heterocycles. The number of rotatable bonds is 7. The third-order valence-corrected chi connectivity index (χ3v) is 7.78. The summed E-state index contributed by atoms with van der Waals surface area (Å²) in [4.78, 5) is 2.42. The Kier molecular flexibility index (Phi) is 7.34. The molecule has 3 unspecified atom stereocenters. The van der Waals surface area contributed by atoms with E-state index in [1.54, 1.807) is 0 Å². The van der Waals surface area contributed by atoms with Crippen molar-refractivity contribution in [1.82, 2.24) is 4.90 Å². The highest BCUT2D eigenvalue weighted by Gasteiger charge is 2.48. The van der Waals surface area contributed by atoms with Gasteiger partial charge in [0, 0.05) is 25.7 Å². The van der Waals surface area contributed by atoms with Gasteiger partial charge in [-0.15, -0.1) is 0 Å². The molecule has 0 radical (unpaired) electrons. The van der Waals surface area contributed by atoms with Gasteiger partial charge in [-0.25, -0.2) is 0 Å². The summed E-state index contributed by atoms with van der Waals surface area (Å²) >= 11 is 0. The topological polar surface area (TPSA) is 30.9 Å². The van der Waals surface area contributed by atoms with Crippen LogP contribution in [0.15, 0.2) is 0 Å². The van der Waals surface area contributed by atoms with Gasteiger partial charge in [-0.05, 0) is 27.2 Å². The van der Waals surface area contributed by atoms with E-state index in [1.807, 2.05) is 0 Å². The molecule has 0 aromatic heterocycles. The molecule has 3 fully saturated rings. The van der Waals surface area contributed by atoms with Crippen molar-refractivity contribution in [2.75, 3.05) is 19.6 Å². The molecule has 22 heavy (non-hydrogen) atoms. The second kappa shape index (κ2) is 8.78. The fourth-order valence-corrected chi connectivity index (χ4v) is 6.99. The van der Waals surface area contributed by atoms with Gasteiger partial charge in [-0.1, -0.05) is 39.0 Å². The van der Waals surface area contributed by atoms with Gasteiger partial charge in [0.15, 0.2) is 0 Å². The van der Waals surface area contributed by atoms with Crippen molar-refractivity contribution in [1.29, 1.82) is 0 Å². The third-order valence-electron chi connectivity index (χ3n) is 4.52. The van der Waals surface area contributed by atoms with Gasteiger partial charge in [0.25, 0.3) is 0 Å². The zero-order chi connectivity index (χ0) is 16.0. The number of fused-ring (bicyclic) bond motifs is 6. The molecule has 3 rings (SSSR count). The van der Waals surface area contributed by atoms with Crippen LogP contribution in [0.3, 0.4) is 0 Å². The van der Waals surface area contributed by atoms with Crippen LogP contribution in [0, 0.1) is 0 Å². The zero-order valence-electron chi connectivity index (χ0n) is 15.0. The number of hydrogen-bond acceptors (Lipinski definition) is 4. The first kappa shape index (κ1) is 18.4. The first-order valence-electron chi connectivity index (χ1n) is 9.29. The molecule has 0 N–H and O–H groups in total. The Hall–Kier alpha value is 0.0569. The molecule has 3 atom stereocenters. The Morgan fingerprint density at radius 1 is 0.773 bits per heavy atom. The molecule has 2 bridgehead atoms. The normalized spacial score (nSPS) is 39.3. The maximum Gasteiger partial charge on any atom is 0.501 e. The highest BCUT2D eigenvalue weighted by atomic mass is 28.4. The molecular formula is C17H35NO3Si. The monoisotopic (exact) mass is 329 g/mol. The maximum atomic E-state index is 6.37. The highest BCUT2D eigenvalue weighted by molar-refractivity contribution is 6.60. The highest BCUT2D eigenvalue weighted by Crippen LogP contribution is 2.29. The molecule has 3 aliphatic heterocycles. The molecule has 0 amide bonds. The Morgan fingerprint density at radius 2 is 1.23 bits per heavy atom. The third kappa shape index (κ3) is 5.60. The number of hydrogen-bond donors (Lipinski definition) is 0. The fourth-order valence-electron chi connectivity index (χ4n) is 3.73. The molecule has 0 aliphatic carbocycles. The molecule has 0 aromatic rings. The summed E-state index contributed by atoms with van der Waals surface area (Å²) < 4.78 is 19.1. The van der Waals surface area contributed by atoms with E-state index in [-0.39, 0.29) is 18.3 Å². The Bertz CT molecular complexity index is 293. The van der Waals surface area contributed by atoms with Crippen LogP contribution < -0.4 is 0 Å². The first-order valence-corrected chi connectivity index (χ1v) is 11.2. The lowest BCUT2D eigenvalue weighted by atomic mass is 10.1. The van der Waals surface area contributed by atoms with Crippen LogP contribution in [0.5, 0.6) is 0 Å². The summed E-state index contributed by atoms with van der Waals surface area (Å²) in [5, 5.41) is 0. The standard InChI is InChI=1S/C17H35NO3Si/c1-5-6-7-8-9-10-11-22-19-15(2)12-18(13-16(3)20-22)14-17(4)21-22/h15-17H,5-14H2,1-4H3. The molecule has 130 valence electrons. The van der Waals surface area contributed by atoms with Crippen molar-refractivity contribution in [3.8, 4) is 0 Å². The van der Waals surface area contributed by atoms with E-state index < -0.39 is 8.80 Å². The number of nitrogens with zero attached hydrogens (tertiary/aromatic N) is 1. The average molecular weight is 330 g/mol. The Labute approximate surface area is 137 Å². The van der Waals surface area contributed by atoms with Crippen molar-refractivity contribution in [3.63, 3.8) is 0 Å². The minimum absolute atomic E-state index is 0.215. The Balaban J connectivity index is 1.92. The molecule has 0 saturated carbocycles. The summed E-state index contributed by atoms with van der Waals surface area (Å²) in [6.07, 6.45) is 8.42. The second-order valence-electron chi connectivity index (χ2n) is 7.20. The van der Waals surface area contributed by atoms with E-state index in [4.69, 9.17) is 13.3 Å². The van der Waals surface area contributed by atoms with Gasteiger partial charge < -0.3 is 13.3 Å². The molecule has 0 aromatic carbocycles. The van der Waals surface area contributed by atoms with Crippen LogP contribution >= 0.6 is 0 Å². The van der Waals surface area contributed by atoms with Crippen molar-refractivity contribution < 1.29 is 13.3 Å². The SMILES string of the molecule is CCCCCCCC[Si]12OC(C)CN(CC(C)O1)CC(C)O2. The lowest BCUT2D eigenvalue weighted by Crippen LogP contribution is -2.61. The van der Waals surface area contributed by atoms with Gasteiger partial charge in [0.1, 0.15) is 0 Å². The van der Waals surface area contributed by atoms with E-state index in [0.29, 0.717) is 0 Å². The van der Waals surface area contributed by atoms with Crippen LogP contribution in [-0.2, 0) is 13.3 Å². The van der Waals surface area contributed by atoms with Crippen molar-refractivity contribution in [2.24, 2.45) is 0 Å². The van der Waals surface area contributed by atoms with Crippen LogP contribution in [0.4, 0.5) is 0 Å². The van der Waals surface area contributed by atoms with Crippen LogP contribution in [0.1, 0.15) is 66.2 Å². The smallest absolute Gasteiger partial charge is 0.369 e. The van der Waals surface area contributed by atoms with Gasteiger partial charge in [-0.3, -0.25) is 4.90 Å². The van der Waals surface area contributed by atoms with Crippen molar-refractivity contribution in [2.45, 2.75) is 90.6 Å². The van der Waals surface area contributed by atoms with Crippen LogP contribution in [0.2, 0.25) is 6.04 Å². The predicted molar refractivity (Wildman–Crippen MR) is 92.0 cm³/mol. The summed E-state index contributed by atoms with van der Waals surface area (Å²) in [7, 11) is -2.51. The second-order valence-corrected chi connectivity index (χ2v) is 9.78. The quantitative estimate of drug-likeness (QED) is 0.525. The van der Waals surface area contributed by atoms with E-state index in [0.717, 1.165) is 25.7 Å². The minimum atomic E-state index is -2.51. The fraction of sp³-hybridized carbons (Fsp3) is 1.00. The maximum absolute atomic E-state index is 6.37. The lowest BCUT2D eigenvalue weighted by molar-refractivity contribution is -0.0791. The molecule has 3 aliphatic rings. The van der Waals surface area contributed by atoms with E-state index >= 15 is 0 Å². The number of unbranched alkanes of at least 4 members (excludes halogenated alkanes) is 5. The molecular weight excluding hydrogens is 294 g/mol. The molecule has 3 heterocycles. The summed E-state index contributed by atoms with van der Waals surface area (Å²) in [6.45, 7) is 11.8.